The molecule has 0 aliphatic carbocycles. The van der Waals surface area contributed by atoms with Gasteiger partial charge in [0.15, 0.2) is 0 Å². The Morgan fingerprint density at radius 1 is 1.15 bits per heavy atom. The number of halogens is 1. The summed E-state index contributed by atoms with van der Waals surface area (Å²) in [4.78, 5) is 9.00. The molecule has 2 aromatic rings. The zero-order valence-electron chi connectivity index (χ0n) is 12.2. The van der Waals surface area contributed by atoms with Gasteiger partial charge in [-0.15, -0.1) is 0 Å². The van der Waals surface area contributed by atoms with Gasteiger partial charge in [0.1, 0.15) is 17.5 Å². The lowest BCUT2D eigenvalue weighted by molar-refractivity contribution is 0.630. The molecule has 20 heavy (non-hydrogen) atoms. The van der Waals surface area contributed by atoms with Crippen LogP contribution in [-0.4, -0.2) is 16.5 Å². The summed E-state index contributed by atoms with van der Waals surface area (Å²) in [5.41, 5.74) is 2.09. The van der Waals surface area contributed by atoms with E-state index in [-0.39, 0.29) is 5.82 Å². The first-order valence-electron chi connectivity index (χ1n) is 7.03. The van der Waals surface area contributed by atoms with Crippen LogP contribution in [0.3, 0.4) is 0 Å². The molecule has 0 saturated carbocycles. The van der Waals surface area contributed by atoms with Crippen LogP contribution in [0.15, 0.2) is 24.3 Å². The number of aryl methyl sites for hydroxylation is 1. The first kappa shape index (κ1) is 14.4. The lowest BCUT2D eigenvalue weighted by Gasteiger charge is -2.14. The molecule has 0 aliphatic heterocycles. The second kappa shape index (κ2) is 6.46. The zero-order valence-corrected chi connectivity index (χ0v) is 12.2. The fourth-order valence-corrected chi connectivity index (χ4v) is 2.05. The average molecular weight is 273 g/mol. The minimum Gasteiger partial charge on any atom is -0.370 e. The van der Waals surface area contributed by atoms with Crippen LogP contribution in [0.1, 0.15) is 31.7 Å². The number of nitrogens with zero attached hydrogens (tertiary/aromatic N) is 2. The predicted molar refractivity (Wildman–Crippen MR) is 80.3 cm³/mol. The van der Waals surface area contributed by atoms with Crippen LogP contribution in [0.5, 0.6) is 0 Å². The van der Waals surface area contributed by atoms with Crippen LogP contribution < -0.4 is 5.32 Å². The van der Waals surface area contributed by atoms with Crippen molar-refractivity contribution in [1.82, 2.24) is 9.97 Å². The minimum absolute atomic E-state index is 0.252. The molecule has 1 N–H and O–H groups in total. The molecular weight excluding hydrogens is 253 g/mol. The third-order valence-corrected chi connectivity index (χ3v) is 3.18. The van der Waals surface area contributed by atoms with Crippen LogP contribution in [-0.2, 0) is 6.42 Å². The van der Waals surface area contributed by atoms with Gasteiger partial charge < -0.3 is 5.32 Å². The molecule has 0 spiro atoms. The van der Waals surface area contributed by atoms with Gasteiger partial charge in [-0.3, -0.25) is 0 Å². The monoisotopic (exact) mass is 273 g/mol. The molecule has 4 heteroatoms. The van der Waals surface area contributed by atoms with Gasteiger partial charge in [-0.25, -0.2) is 14.4 Å². The standard InChI is InChI=1S/C16H20FN3/c1-4-10-18-16-11(3)15(19-14(5-2)20-16)12-8-6-7-9-13(12)17/h6-9H,4-5,10H2,1-3H3,(H,18,19,20). The van der Waals surface area contributed by atoms with Gasteiger partial charge in [-0.1, -0.05) is 26.0 Å². The fourth-order valence-electron chi connectivity index (χ4n) is 2.05. The molecular formula is C16H20FN3. The molecule has 1 aromatic carbocycles. The van der Waals surface area contributed by atoms with E-state index in [0.717, 1.165) is 36.6 Å². The van der Waals surface area contributed by atoms with Crippen molar-refractivity contribution in [3.05, 3.63) is 41.5 Å². The van der Waals surface area contributed by atoms with Gasteiger partial charge in [0, 0.05) is 24.1 Å². The van der Waals surface area contributed by atoms with E-state index in [1.807, 2.05) is 19.9 Å². The van der Waals surface area contributed by atoms with Crippen molar-refractivity contribution < 1.29 is 4.39 Å². The van der Waals surface area contributed by atoms with E-state index in [2.05, 4.69) is 22.2 Å². The lowest BCUT2D eigenvalue weighted by atomic mass is 10.1. The molecule has 0 saturated heterocycles. The van der Waals surface area contributed by atoms with Gasteiger partial charge >= 0.3 is 0 Å². The first-order valence-corrected chi connectivity index (χ1v) is 7.03. The topological polar surface area (TPSA) is 37.8 Å². The van der Waals surface area contributed by atoms with Crippen molar-refractivity contribution >= 4 is 5.82 Å². The maximum Gasteiger partial charge on any atom is 0.133 e. The highest BCUT2D eigenvalue weighted by Gasteiger charge is 2.14. The smallest absolute Gasteiger partial charge is 0.133 e. The Hall–Kier alpha value is -1.97. The van der Waals surface area contributed by atoms with E-state index >= 15 is 0 Å². The maximum atomic E-state index is 14.0. The third-order valence-electron chi connectivity index (χ3n) is 3.18. The van der Waals surface area contributed by atoms with Crippen LogP contribution in [0, 0.1) is 12.7 Å². The summed E-state index contributed by atoms with van der Waals surface area (Å²) in [7, 11) is 0. The van der Waals surface area contributed by atoms with Crippen molar-refractivity contribution in [2.24, 2.45) is 0 Å². The van der Waals surface area contributed by atoms with E-state index in [1.165, 1.54) is 6.07 Å². The number of hydrogen-bond donors (Lipinski definition) is 1. The Morgan fingerprint density at radius 2 is 1.90 bits per heavy atom. The Balaban J connectivity index is 2.54. The highest BCUT2D eigenvalue weighted by molar-refractivity contribution is 5.68. The average Bonchev–Trinajstić information content (AvgIpc) is 2.47. The SMILES string of the molecule is CCCNc1nc(CC)nc(-c2ccccc2F)c1C. The molecule has 0 radical (unpaired) electrons. The quantitative estimate of drug-likeness (QED) is 0.895. The van der Waals surface area contributed by atoms with Gasteiger partial charge in [-0.05, 0) is 25.5 Å². The molecule has 1 heterocycles. The van der Waals surface area contributed by atoms with Gasteiger partial charge in [0.05, 0.1) is 5.69 Å². The summed E-state index contributed by atoms with van der Waals surface area (Å²) >= 11 is 0. The summed E-state index contributed by atoms with van der Waals surface area (Å²) in [6, 6.07) is 6.73. The number of hydrogen-bond acceptors (Lipinski definition) is 3. The minimum atomic E-state index is -0.252. The predicted octanol–water partition coefficient (Wildman–Crippen LogP) is 3.98. The lowest BCUT2D eigenvalue weighted by Crippen LogP contribution is -2.09. The van der Waals surface area contributed by atoms with Gasteiger partial charge in [0.2, 0.25) is 0 Å². The molecule has 1 aromatic heterocycles. The van der Waals surface area contributed by atoms with Crippen molar-refractivity contribution in [2.45, 2.75) is 33.6 Å². The molecule has 0 bridgehead atoms. The van der Waals surface area contributed by atoms with E-state index < -0.39 is 0 Å². The Morgan fingerprint density at radius 3 is 2.55 bits per heavy atom. The summed E-state index contributed by atoms with van der Waals surface area (Å²) in [5.74, 6) is 1.28. The van der Waals surface area contributed by atoms with Crippen molar-refractivity contribution in [3.63, 3.8) is 0 Å². The number of aromatic nitrogens is 2. The van der Waals surface area contributed by atoms with E-state index in [9.17, 15) is 4.39 Å². The molecule has 106 valence electrons. The summed E-state index contributed by atoms with van der Waals surface area (Å²) in [6.45, 7) is 6.87. The highest BCUT2D eigenvalue weighted by atomic mass is 19.1. The molecule has 3 nitrogen and oxygen atoms in total. The normalized spacial score (nSPS) is 10.6. The van der Waals surface area contributed by atoms with Crippen LogP contribution >= 0.6 is 0 Å². The molecule has 2 rings (SSSR count). The molecule has 0 unspecified atom stereocenters. The van der Waals surface area contributed by atoms with Crippen molar-refractivity contribution in [3.8, 4) is 11.3 Å². The molecule has 0 fully saturated rings. The van der Waals surface area contributed by atoms with Crippen molar-refractivity contribution in [2.75, 3.05) is 11.9 Å². The summed E-state index contributed by atoms with van der Waals surface area (Å²) < 4.78 is 14.0. The molecule has 0 aliphatic rings. The van der Waals surface area contributed by atoms with Gasteiger partial charge in [-0.2, -0.15) is 0 Å². The third kappa shape index (κ3) is 2.95. The fraction of sp³-hybridized carbons (Fsp3) is 0.375. The van der Waals surface area contributed by atoms with Crippen molar-refractivity contribution in [1.29, 1.82) is 0 Å². The van der Waals surface area contributed by atoms with E-state index in [1.54, 1.807) is 12.1 Å². The number of benzene rings is 1. The van der Waals surface area contributed by atoms with Crippen LogP contribution in [0.2, 0.25) is 0 Å². The highest BCUT2D eigenvalue weighted by Crippen LogP contribution is 2.27. The van der Waals surface area contributed by atoms with E-state index in [4.69, 9.17) is 0 Å². The largest absolute Gasteiger partial charge is 0.370 e. The second-order valence-corrected chi connectivity index (χ2v) is 4.72. The molecule has 0 atom stereocenters. The summed E-state index contributed by atoms with van der Waals surface area (Å²) in [6.07, 6.45) is 1.74. The number of anilines is 1. The number of rotatable bonds is 5. The Bertz CT molecular complexity index is 596. The van der Waals surface area contributed by atoms with E-state index in [0.29, 0.717) is 11.3 Å². The first-order chi connectivity index (χ1) is 9.67. The van der Waals surface area contributed by atoms with Gasteiger partial charge in [0.25, 0.3) is 0 Å². The zero-order chi connectivity index (χ0) is 14.5. The maximum absolute atomic E-state index is 14.0. The Labute approximate surface area is 119 Å². The number of nitrogens with one attached hydrogen (secondary N) is 1. The second-order valence-electron chi connectivity index (χ2n) is 4.72. The molecule has 0 amide bonds. The van der Waals surface area contributed by atoms with Crippen LogP contribution in [0.25, 0.3) is 11.3 Å². The van der Waals surface area contributed by atoms with Crippen LogP contribution in [0.4, 0.5) is 10.2 Å². The summed E-state index contributed by atoms with van der Waals surface area (Å²) in [5, 5.41) is 3.29. The Kier molecular flexibility index (Phi) is 4.66.